The predicted octanol–water partition coefficient (Wildman–Crippen LogP) is 0.716. The SMILES string of the molecule is [B]CCCCCC(=O)NC1=CC=C2NC(=O)NC2C#C1. The lowest BCUT2D eigenvalue weighted by Gasteiger charge is -2.03. The molecule has 2 rings (SSSR count). The molecule has 1 unspecified atom stereocenters. The summed E-state index contributed by atoms with van der Waals surface area (Å²) >= 11 is 0. The second-order valence-corrected chi connectivity index (χ2v) is 4.65. The van der Waals surface area contributed by atoms with Crippen molar-refractivity contribution in [3.63, 3.8) is 0 Å². The summed E-state index contributed by atoms with van der Waals surface area (Å²) in [6.45, 7) is 0. The Hall–Kier alpha value is -2.16. The minimum atomic E-state index is -0.322. The van der Waals surface area contributed by atoms with Crippen molar-refractivity contribution in [1.82, 2.24) is 16.0 Å². The number of fused-ring (bicyclic) bond motifs is 1. The number of nitrogens with one attached hydrogen (secondary N) is 3. The first kappa shape index (κ1) is 14.3. The number of urea groups is 1. The summed E-state index contributed by atoms with van der Waals surface area (Å²) in [5.41, 5.74) is 1.25. The fraction of sp³-hybridized carbons (Fsp3) is 0.429. The summed E-state index contributed by atoms with van der Waals surface area (Å²) in [6.07, 6.45) is 7.28. The van der Waals surface area contributed by atoms with Crippen LogP contribution in [0.5, 0.6) is 0 Å². The summed E-state index contributed by atoms with van der Waals surface area (Å²) in [5.74, 6) is 5.70. The molecular weight excluding hydrogens is 253 g/mol. The lowest BCUT2D eigenvalue weighted by Crippen LogP contribution is -2.25. The number of carbonyl (C=O) groups is 2. The van der Waals surface area contributed by atoms with Crippen molar-refractivity contribution < 1.29 is 9.59 Å². The molecule has 2 radical (unpaired) electrons. The molecular formula is C14H16BN3O2. The molecule has 2 aliphatic rings. The molecule has 1 saturated heterocycles. The van der Waals surface area contributed by atoms with Gasteiger partial charge < -0.3 is 16.0 Å². The number of hydrogen-bond acceptors (Lipinski definition) is 2. The van der Waals surface area contributed by atoms with Crippen molar-refractivity contribution in [2.24, 2.45) is 0 Å². The highest BCUT2D eigenvalue weighted by Crippen LogP contribution is 2.09. The summed E-state index contributed by atoms with van der Waals surface area (Å²) in [6, 6.07) is -0.575. The van der Waals surface area contributed by atoms with Crippen LogP contribution in [0.15, 0.2) is 23.5 Å². The number of hydrogen-bond donors (Lipinski definition) is 3. The Morgan fingerprint density at radius 1 is 1.35 bits per heavy atom. The summed E-state index contributed by atoms with van der Waals surface area (Å²) in [5, 5.41) is 8.09. The van der Waals surface area contributed by atoms with Crippen LogP contribution in [0.3, 0.4) is 0 Å². The molecule has 0 saturated carbocycles. The van der Waals surface area contributed by atoms with Gasteiger partial charge >= 0.3 is 6.03 Å². The van der Waals surface area contributed by atoms with Crippen molar-refractivity contribution in [3.8, 4) is 11.8 Å². The van der Waals surface area contributed by atoms with Gasteiger partial charge in [0.25, 0.3) is 0 Å². The van der Waals surface area contributed by atoms with Gasteiger partial charge in [0.15, 0.2) is 0 Å². The first-order valence-corrected chi connectivity index (χ1v) is 6.70. The molecule has 1 aliphatic heterocycles. The van der Waals surface area contributed by atoms with Gasteiger partial charge in [-0.1, -0.05) is 25.1 Å². The van der Waals surface area contributed by atoms with E-state index in [1.165, 1.54) is 0 Å². The quantitative estimate of drug-likeness (QED) is 0.377. The minimum absolute atomic E-state index is 0.0509. The highest BCUT2D eigenvalue weighted by molar-refractivity contribution is 6.08. The maximum absolute atomic E-state index is 11.7. The van der Waals surface area contributed by atoms with Crippen molar-refractivity contribution >= 4 is 19.8 Å². The molecule has 0 aromatic carbocycles. The van der Waals surface area contributed by atoms with Crippen LogP contribution in [-0.4, -0.2) is 25.8 Å². The number of rotatable bonds is 6. The van der Waals surface area contributed by atoms with Crippen LogP contribution in [0, 0.1) is 11.8 Å². The van der Waals surface area contributed by atoms with Crippen LogP contribution in [0.2, 0.25) is 6.32 Å². The molecule has 1 heterocycles. The second kappa shape index (κ2) is 6.85. The van der Waals surface area contributed by atoms with Crippen molar-refractivity contribution in [2.75, 3.05) is 0 Å². The second-order valence-electron chi connectivity index (χ2n) is 4.65. The zero-order valence-corrected chi connectivity index (χ0v) is 11.2. The fourth-order valence-corrected chi connectivity index (χ4v) is 1.96. The van der Waals surface area contributed by atoms with Gasteiger partial charge in [-0.15, -0.1) is 0 Å². The van der Waals surface area contributed by atoms with E-state index in [9.17, 15) is 9.59 Å². The smallest absolute Gasteiger partial charge is 0.319 e. The third-order valence-electron chi connectivity index (χ3n) is 3.01. The van der Waals surface area contributed by atoms with E-state index in [4.69, 9.17) is 7.85 Å². The van der Waals surface area contributed by atoms with Crippen LogP contribution < -0.4 is 16.0 Å². The van der Waals surface area contributed by atoms with Crippen LogP contribution in [0.4, 0.5) is 4.79 Å². The van der Waals surface area contributed by atoms with Crippen LogP contribution >= 0.6 is 0 Å². The highest BCUT2D eigenvalue weighted by Gasteiger charge is 2.24. The van der Waals surface area contributed by atoms with Gasteiger partial charge in [0.2, 0.25) is 5.91 Å². The van der Waals surface area contributed by atoms with Gasteiger partial charge in [0, 0.05) is 6.42 Å². The van der Waals surface area contributed by atoms with E-state index in [0.717, 1.165) is 19.3 Å². The van der Waals surface area contributed by atoms with Gasteiger partial charge in [-0.2, -0.15) is 0 Å². The molecule has 3 amide bonds. The molecule has 102 valence electrons. The zero-order chi connectivity index (χ0) is 14.4. The van der Waals surface area contributed by atoms with Gasteiger partial charge in [-0.05, 0) is 24.5 Å². The van der Waals surface area contributed by atoms with Gasteiger partial charge in [-0.25, -0.2) is 4.79 Å². The maximum atomic E-state index is 11.7. The number of allylic oxidation sites excluding steroid dienone is 3. The Labute approximate surface area is 119 Å². The number of amides is 3. The Morgan fingerprint density at radius 2 is 2.20 bits per heavy atom. The van der Waals surface area contributed by atoms with E-state index in [0.29, 0.717) is 24.1 Å². The fourth-order valence-electron chi connectivity index (χ4n) is 1.96. The maximum Gasteiger partial charge on any atom is 0.320 e. The monoisotopic (exact) mass is 269 g/mol. The Bertz CT molecular complexity index is 528. The summed E-state index contributed by atoms with van der Waals surface area (Å²) in [7, 11) is 5.40. The molecule has 20 heavy (non-hydrogen) atoms. The summed E-state index contributed by atoms with van der Waals surface area (Å²) in [4.78, 5) is 22.9. The lowest BCUT2D eigenvalue weighted by molar-refractivity contribution is -0.120. The van der Waals surface area contributed by atoms with Crippen molar-refractivity contribution in [3.05, 3.63) is 23.5 Å². The largest absolute Gasteiger partial charge is 0.320 e. The van der Waals surface area contributed by atoms with Gasteiger partial charge in [0.05, 0.1) is 19.2 Å². The zero-order valence-electron chi connectivity index (χ0n) is 11.2. The van der Waals surface area contributed by atoms with Gasteiger partial charge in [0.1, 0.15) is 6.04 Å². The van der Waals surface area contributed by atoms with Crippen molar-refractivity contribution in [2.45, 2.75) is 38.0 Å². The molecule has 6 heteroatoms. The van der Waals surface area contributed by atoms with E-state index >= 15 is 0 Å². The molecule has 0 aromatic rings. The van der Waals surface area contributed by atoms with Crippen LogP contribution in [0.1, 0.15) is 25.7 Å². The number of unbranched alkanes of at least 4 members (excludes halogenated alkanes) is 2. The average Bonchev–Trinajstić information content (AvgIpc) is 2.68. The lowest BCUT2D eigenvalue weighted by atomic mass is 9.99. The first-order chi connectivity index (χ1) is 9.69. The van der Waals surface area contributed by atoms with E-state index in [2.05, 4.69) is 27.8 Å². The van der Waals surface area contributed by atoms with Crippen LogP contribution in [0.25, 0.3) is 0 Å². The Kier molecular flexibility index (Phi) is 4.88. The molecule has 1 fully saturated rings. The first-order valence-electron chi connectivity index (χ1n) is 6.70. The average molecular weight is 269 g/mol. The third kappa shape index (κ3) is 3.92. The van der Waals surface area contributed by atoms with Crippen molar-refractivity contribution in [1.29, 1.82) is 0 Å². The van der Waals surface area contributed by atoms with E-state index in [-0.39, 0.29) is 18.0 Å². The molecule has 1 aliphatic carbocycles. The highest BCUT2D eigenvalue weighted by atomic mass is 16.2. The Morgan fingerprint density at radius 3 is 3.00 bits per heavy atom. The van der Waals surface area contributed by atoms with E-state index < -0.39 is 0 Å². The molecule has 1 atom stereocenters. The minimum Gasteiger partial charge on any atom is -0.319 e. The van der Waals surface area contributed by atoms with Gasteiger partial charge in [-0.3, -0.25) is 4.79 Å². The summed E-state index contributed by atoms with van der Waals surface area (Å²) < 4.78 is 0. The molecule has 0 aromatic heterocycles. The number of carbonyl (C=O) groups excluding carboxylic acids is 2. The Balaban J connectivity index is 1.85. The standard InChI is InChI=1S/C14H16BN3O2/c15-9-3-1-2-4-13(19)16-10-5-7-11-12(8-6-10)18-14(20)17-11/h5,7,12H,1-4,9H2,(H,16,19)(H2,17,18,20). The predicted molar refractivity (Wildman–Crippen MR) is 76.6 cm³/mol. The molecule has 0 spiro atoms. The normalized spacial score (nSPS) is 19.4. The topological polar surface area (TPSA) is 70.2 Å². The molecule has 5 nitrogen and oxygen atoms in total. The van der Waals surface area contributed by atoms with E-state index in [1.807, 2.05) is 0 Å². The molecule has 0 bridgehead atoms. The van der Waals surface area contributed by atoms with Crippen LogP contribution in [-0.2, 0) is 4.79 Å². The van der Waals surface area contributed by atoms with E-state index in [1.54, 1.807) is 12.2 Å². The third-order valence-corrected chi connectivity index (χ3v) is 3.01. The molecule has 3 N–H and O–H groups in total.